The van der Waals surface area contributed by atoms with Crippen molar-refractivity contribution < 1.29 is 19.5 Å². The van der Waals surface area contributed by atoms with E-state index >= 15 is 0 Å². The van der Waals surface area contributed by atoms with Gasteiger partial charge in [-0.3, -0.25) is 4.79 Å². The van der Waals surface area contributed by atoms with E-state index in [0.29, 0.717) is 12.8 Å². The number of nitrogens with one attached hydrogen (secondary N) is 2. The second-order valence-corrected chi connectivity index (χ2v) is 5.23. The molecule has 0 aliphatic carbocycles. The molecule has 116 valence electrons. The molecule has 0 spiro atoms. The number of amides is 3. The molecule has 0 heterocycles. The van der Waals surface area contributed by atoms with Gasteiger partial charge in [0.25, 0.3) is 0 Å². The Morgan fingerprint density at radius 3 is 2.15 bits per heavy atom. The van der Waals surface area contributed by atoms with Crippen LogP contribution in [0.15, 0.2) is 0 Å². The maximum atomic E-state index is 12.0. The number of rotatable bonds is 9. The molecule has 0 aromatic carbocycles. The van der Waals surface area contributed by atoms with Gasteiger partial charge in [-0.05, 0) is 18.8 Å². The zero-order valence-corrected chi connectivity index (χ0v) is 12.3. The Bertz CT molecular complexity index is 345. The lowest BCUT2D eigenvalue weighted by molar-refractivity contribution is -0.142. The molecule has 7 nitrogen and oxygen atoms in total. The molecule has 2 atom stereocenters. The Kier molecular flexibility index (Phi) is 8.35. The molecular weight excluding hydrogens is 262 g/mol. The summed E-state index contributed by atoms with van der Waals surface area (Å²) in [5.74, 6) is -1.46. The number of carbonyl (C=O) groups is 3. The number of carboxylic acid groups (broad SMARTS) is 1. The van der Waals surface area contributed by atoms with Crippen molar-refractivity contribution in [3.05, 3.63) is 0 Å². The highest BCUT2D eigenvalue weighted by atomic mass is 16.4. The molecule has 0 aliphatic rings. The summed E-state index contributed by atoms with van der Waals surface area (Å²) in [4.78, 5) is 34.0. The highest BCUT2D eigenvalue weighted by molar-refractivity contribution is 5.89. The van der Waals surface area contributed by atoms with Crippen molar-refractivity contribution in [1.82, 2.24) is 10.6 Å². The highest BCUT2D eigenvalue weighted by Gasteiger charge is 2.26. The normalized spacial score (nSPS) is 13.6. The number of aliphatic carboxylic acids is 1. The Hall–Kier alpha value is -1.79. The largest absolute Gasteiger partial charge is 0.480 e. The van der Waals surface area contributed by atoms with Crippen LogP contribution < -0.4 is 16.4 Å². The summed E-state index contributed by atoms with van der Waals surface area (Å²) in [6.45, 7) is 5.70. The molecule has 0 saturated heterocycles. The van der Waals surface area contributed by atoms with Crippen LogP contribution in [-0.4, -0.2) is 35.1 Å². The minimum atomic E-state index is -1.08. The van der Waals surface area contributed by atoms with Crippen LogP contribution in [0.2, 0.25) is 0 Å². The fourth-order valence-electron chi connectivity index (χ4n) is 1.81. The van der Waals surface area contributed by atoms with Gasteiger partial charge in [0.05, 0.1) is 0 Å². The molecule has 20 heavy (non-hydrogen) atoms. The number of unbranched alkanes of at least 4 members (excludes halogenated alkanes) is 1. The standard InChI is InChI=1S/C13H25N3O4/c1-4-5-6-9(16-13(14)20)11(17)15-10(12(18)19)7-8(2)3/h8-10H,4-7H2,1-3H3,(H,15,17)(H,18,19)(H3,14,16,20)/t9?,10-/m1/s1. The monoisotopic (exact) mass is 287 g/mol. The average Bonchev–Trinajstić information content (AvgIpc) is 2.32. The third-order valence-electron chi connectivity index (χ3n) is 2.80. The third kappa shape index (κ3) is 7.60. The van der Waals surface area contributed by atoms with Crippen LogP contribution in [-0.2, 0) is 9.59 Å². The number of carboxylic acids is 1. The summed E-state index contributed by atoms with van der Waals surface area (Å²) in [7, 11) is 0. The lowest BCUT2D eigenvalue weighted by Crippen LogP contribution is -2.52. The van der Waals surface area contributed by atoms with Crippen molar-refractivity contribution in [2.45, 2.75) is 58.5 Å². The summed E-state index contributed by atoms with van der Waals surface area (Å²) in [6.07, 6.45) is 2.36. The van der Waals surface area contributed by atoms with Crippen LogP contribution in [0, 0.1) is 5.92 Å². The minimum absolute atomic E-state index is 0.134. The van der Waals surface area contributed by atoms with Gasteiger partial charge in [0, 0.05) is 0 Å². The minimum Gasteiger partial charge on any atom is -0.480 e. The SMILES string of the molecule is CCCCC(NC(N)=O)C(=O)N[C@H](CC(C)C)C(=O)O. The topological polar surface area (TPSA) is 122 Å². The summed E-state index contributed by atoms with van der Waals surface area (Å²) in [6, 6.07) is -2.54. The van der Waals surface area contributed by atoms with Crippen LogP contribution in [0.25, 0.3) is 0 Å². The number of nitrogens with two attached hydrogens (primary N) is 1. The van der Waals surface area contributed by atoms with Crippen molar-refractivity contribution in [2.24, 2.45) is 11.7 Å². The molecule has 0 fully saturated rings. The summed E-state index contributed by atoms with van der Waals surface area (Å²) in [5.41, 5.74) is 5.03. The second-order valence-electron chi connectivity index (χ2n) is 5.23. The van der Waals surface area contributed by atoms with E-state index in [1.54, 1.807) is 0 Å². The smallest absolute Gasteiger partial charge is 0.326 e. The maximum Gasteiger partial charge on any atom is 0.326 e. The molecule has 0 aliphatic heterocycles. The summed E-state index contributed by atoms with van der Waals surface area (Å²) >= 11 is 0. The molecule has 0 bridgehead atoms. The van der Waals surface area contributed by atoms with Crippen molar-refractivity contribution in [1.29, 1.82) is 0 Å². The van der Waals surface area contributed by atoms with Gasteiger partial charge >= 0.3 is 12.0 Å². The van der Waals surface area contributed by atoms with Gasteiger partial charge < -0.3 is 21.5 Å². The fourth-order valence-corrected chi connectivity index (χ4v) is 1.81. The van der Waals surface area contributed by atoms with Crippen molar-refractivity contribution >= 4 is 17.9 Å². The molecule has 3 amide bonds. The summed E-state index contributed by atoms with van der Waals surface area (Å²) < 4.78 is 0. The highest BCUT2D eigenvalue weighted by Crippen LogP contribution is 2.07. The molecule has 0 saturated carbocycles. The third-order valence-corrected chi connectivity index (χ3v) is 2.80. The quantitative estimate of drug-likeness (QED) is 0.501. The van der Waals surface area contributed by atoms with E-state index < -0.39 is 30.0 Å². The zero-order chi connectivity index (χ0) is 15.7. The molecule has 0 radical (unpaired) electrons. The van der Waals surface area contributed by atoms with Crippen LogP contribution in [0.5, 0.6) is 0 Å². The second kappa shape index (κ2) is 9.17. The van der Waals surface area contributed by atoms with Crippen molar-refractivity contribution in [3.8, 4) is 0 Å². The Balaban J connectivity index is 4.68. The van der Waals surface area contributed by atoms with Gasteiger partial charge in [-0.2, -0.15) is 0 Å². The number of carbonyl (C=O) groups excluding carboxylic acids is 2. The lowest BCUT2D eigenvalue weighted by Gasteiger charge is -2.21. The first-order valence-corrected chi connectivity index (χ1v) is 6.87. The molecular formula is C13H25N3O4. The number of primary amides is 1. The van der Waals surface area contributed by atoms with E-state index in [2.05, 4.69) is 10.6 Å². The molecule has 7 heteroatoms. The predicted octanol–water partition coefficient (Wildman–Crippen LogP) is 0.829. The lowest BCUT2D eigenvalue weighted by atomic mass is 10.0. The van der Waals surface area contributed by atoms with E-state index in [-0.39, 0.29) is 5.92 Å². The van der Waals surface area contributed by atoms with Crippen molar-refractivity contribution in [3.63, 3.8) is 0 Å². The molecule has 0 rings (SSSR count). The molecule has 1 unspecified atom stereocenters. The van der Waals surface area contributed by atoms with Crippen LogP contribution in [0.3, 0.4) is 0 Å². The Morgan fingerprint density at radius 1 is 1.15 bits per heavy atom. The first-order valence-electron chi connectivity index (χ1n) is 6.87. The number of urea groups is 1. The van der Waals surface area contributed by atoms with E-state index in [1.165, 1.54) is 0 Å². The van der Waals surface area contributed by atoms with E-state index in [9.17, 15) is 14.4 Å². The van der Waals surface area contributed by atoms with E-state index in [1.807, 2.05) is 20.8 Å². The zero-order valence-electron chi connectivity index (χ0n) is 12.3. The van der Waals surface area contributed by atoms with Crippen LogP contribution in [0.4, 0.5) is 4.79 Å². The van der Waals surface area contributed by atoms with Gasteiger partial charge in [0.15, 0.2) is 0 Å². The van der Waals surface area contributed by atoms with E-state index in [4.69, 9.17) is 10.8 Å². The predicted molar refractivity (Wildman–Crippen MR) is 75.1 cm³/mol. The van der Waals surface area contributed by atoms with Gasteiger partial charge in [0.2, 0.25) is 5.91 Å². The Labute approximate surface area is 119 Å². The van der Waals surface area contributed by atoms with E-state index in [0.717, 1.165) is 12.8 Å². The van der Waals surface area contributed by atoms with Crippen LogP contribution >= 0.6 is 0 Å². The summed E-state index contributed by atoms with van der Waals surface area (Å²) in [5, 5.41) is 13.9. The maximum absolute atomic E-state index is 12.0. The van der Waals surface area contributed by atoms with Crippen molar-refractivity contribution in [2.75, 3.05) is 0 Å². The molecule has 0 aromatic heterocycles. The van der Waals surface area contributed by atoms with Gasteiger partial charge in [-0.25, -0.2) is 9.59 Å². The van der Waals surface area contributed by atoms with Gasteiger partial charge in [-0.1, -0.05) is 33.6 Å². The number of hydrogen-bond acceptors (Lipinski definition) is 3. The molecule has 0 aromatic rings. The molecule has 5 N–H and O–H groups in total. The average molecular weight is 287 g/mol. The first kappa shape index (κ1) is 18.2. The van der Waals surface area contributed by atoms with Gasteiger partial charge in [-0.15, -0.1) is 0 Å². The first-order chi connectivity index (χ1) is 9.27. The van der Waals surface area contributed by atoms with Crippen LogP contribution in [0.1, 0.15) is 46.5 Å². The Morgan fingerprint density at radius 2 is 1.75 bits per heavy atom. The number of hydrogen-bond donors (Lipinski definition) is 4. The fraction of sp³-hybridized carbons (Fsp3) is 0.769. The van der Waals surface area contributed by atoms with Gasteiger partial charge in [0.1, 0.15) is 12.1 Å².